The number of carbonyl (C=O) groups excluding carboxylic acids is 3. The number of aryl methyl sites for hydroxylation is 1. The van der Waals surface area contributed by atoms with Crippen LogP contribution < -0.4 is 22.1 Å². The molecule has 0 aliphatic rings. The van der Waals surface area contributed by atoms with E-state index in [1.807, 2.05) is 13.8 Å². The normalized spacial score (nSPS) is 12.0. The fourth-order valence-corrected chi connectivity index (χ4v) is 3.35. The number of rotatable bonds is 8. The molecule has 0 aliphatic carbocycles. The zero-order valence-corrected chi connectivity index (χ0v) is 14.8. The first-order valence-electron chi connectivity index (χ1n) is 6.92. The number of primary amides is 1. The van der Waals surface area contributed by atoms with Crippen LogP contribution in [-0.2, 0) is 14.4 Å². The summed E-state index contributed by atoms with van der Waals surface area (Å²) in [5, 5.41) is 5.48. The summed E-state index contributed by atoms with van der Waals surface area (Å²) >= 11 is 2.52. The van der Waals surface area contributed by atoms with E-state index in [0.29, 0.717) is 10.8 Å². The molecule has 0 saturated carbocycles. The van der Waals surface area contributed by atoms with Crippen molar-refractivity contribution in [2.45, 2.75) is 31.0 Å². The fourth-order valence-electron chi connectivity index (χ4n) is 1.46. The van der Waals surface area contributed by atoms with Gasteiger partial charge in [-0.15, -0.1) is 11.8 Å². The van der Waals surface area contributed by atoms with Gasteiger partial charge in [-0.3, -0.25) is 14.4 Å². The van der Waals surface area contributed by atoms with Gasteiger partial charge in [0.15, 0.2) is 5.13 Å². The van der Waals surface area contributed by atoms with Crippen LogP contribution in [0.25, 0.3) is 0 Å². The predicted octanol–water partition coefficient (Wildman–Crippen LogP) is 0.0669. The second kappa shape index (κ2) is 8.85. The summed E-state index contributed by atoms with van der Waals surface area (Å²) in [5.41, 5.74) is 11.5. The minimum absolute atomic E-state index is 0.00971. The monoisotopic (exact) mass is 359 g/mol. The number of carbonyl (C=O) groups is 3. The topological polar surface area (TPSA) is 140 Å². The van der Waals surface area contributed by atoms with Crippen molar-refractivity contribution in [3.8, 4) is 0 Å². The van der Waals surface area contributed by atoms with Gasteiger partial charge in [0, 0.05) is 0 Å². The van der Waals surface area contributed by atoms with Crippen molar-refractivity contribution in [1.82, 2.24) is 10.3 Å². The highest BCUT2D eigenvalue weighted by Gasteiger charge is 2.18. The Labute approximate surface area is 142 Å². The number of nitrogens with zero attached hydrogens (tertiary/aromatic N) is 1. The van der Waals surface area contributed by atoms with Crippen LogP contribution in [0.4, 0.5) is 5.13 Å². The molecule has 0 saturated heterocycles. The Hall–Kier alpha value is -1.65. The molecule has 0 bridgehead atoms. The van der Waals surface area contributed by atoms with Crippen molar-refractivity contribution in [3.05, 3.63) is 5.69 Å². The van der Waals surface area contributed by atoms with Gasteiger partial charge in [-0.05, 0) is 12.8 Å². The molecule has 1 heterocycles. The second-order valence-corrected chi connectivity index (χ2v) is 7.43. The van der Waals surface area contributed by atoms with Crippen molar-refractivity contribution in [1.29, 1.82) is 0 Å². The van der Waals surface area contributed by atoms with Gasteiger partial charge in [0.2, 0.25) is 17.7 Å². The predicted molar refractivity (Wildman–Crippen MR) is 91.2 cm³/mol. The molecule has 0 fully saturated rings. The Balaban J connectivity index is 2.50. The van der Waals surface area contributed by atoms with Gasteiger partial charge in [-0.25, -0.2) is 4.98 Å². The first-order valence-corrected chi connectivity index (χ1v) is 8.72. The maximum Gasteiger partial charge on any atom is 0.245 e. The van der Waals surface area contributed by atoms with Gasteiger partial charge >= 0.3 is 0 Å². The van der Waals surface area contributed by atoms with Gasteiger partial charge in [0.25, 0.3) is 0 Å². The van der Waals surface area contributed by atoms with Crippen LogP contribution in [0.15, 0.2) is 4.21 Å². The minimum Gasteiger partial charge on any atom is -0.369 e. The number of amides is 3. The summed E-state index contributed by atoms with van der Waals surface area (Å²) < 4.78 is 0.810. The van der Waals surface area contributed by atoms with Crippen molar-refractivity contribution < 1.29 is 14.4 Å². The van der Waals surface area contributed by atoms with Gasteiger partial charge in [0.1, 0.15) is 0 Å². The molecule has 1 atom stereocenters. The molecular weight excluding hydrogens is 338 g/mol. The fraction of sp³-hybridized carbons (Fsp3) is 0.538. The largest absolute Gasteiger partial charge is 0.369 e. The van der Waals surface area contributed by atoms with Gasteiger partial charge < -0.3 is 22.1 Å². The highest BCUT2D eigenvalue weighted by Crippen LogP contribution is 2.31. The summed E-state index contributed by atoms with van der Waals surface area (Å²) in [6.45, 7) is 5.25. The van der Waals surface area contributed by atoms with E-state index in [1.54, 1.807) is 6.92 Å². The molecule has 6 N–H and O–H groups in total. The van der Waals surface area contributed by atoms with Crippen molar-refractivity contribution >= 4 is 46.0 Å². The number of hydrogen-bond acceptors (Lipinski definition) is 7. The third-order valence-corrected chi connectivity index (χ3v) is 5.25. The van der Waals surface area contributed by atoms with Crippen LogP contribution in [0.1, 0.15) is 19.5 Å². The molecule has 0 aromatic carbocycles. The zero-order chi connectivity index (χ0) is 17.6. The van der Waals surface area contributed by atoms with Crippen LogP contribution >= 0.6 is 23.1 Å². The number of nitrogens with one attached hydrogen (secondary N) is 2. The maximum absolute atomic E-state index is 11.8. The molecule has 128 valence electrons. The standard InChI is InChI=1S/C13H21N5O3S2/c1-6(2)10(15)11(21)16-4-9(20)18-13-17-7(3)12(23-13)22-5-8(14)19/h6,10H,4-5,15H2,1-3H3,(H2,14,19)(H,16,21)(H,17,18,20)/t10-/m0/s1. The Kier molecular flexibility index (Phi) is 7.46. The highest BCUT2D eigenvalue weighted by atomic mass is 32.2. The van der Waals surface area contributed by atoms with Crippen molar-refractivity contribution in [2.75, 3.05) is 17.6 Å². The summed E-state index contributed by atoms with van der Waals surface area (Å²) in [6.07, 6.45) is 0. The molecule has 0 spiro atoms. The minimum atomic E-state index is -0.651. The van der Waals surface area contributed by atoms with E-state index in [0.717, 1.165) is 4.21 Å². The molecule has 1 rings (SSSR count). The maximum atomic E-state index is 11.8. The smallest absolute Gasteiger partial charge is 0.245 e. The van der Waals surface area contributed by atoms with Crippen LogP contribution in [-0.4, -0.2) is 41.0 Å². The van der Waals surface area contributed by atoms with Crippen LogP contribution in [0.5, 0.6) is 0 Å². The van der Waals surface area contributed by atoms with Gasteiger partial charge in [-0.1, -0.05) is 25.2 Å². The quantitative estimate of drug-likeness (QED) is 0.484. The van der Waals surface area contributed by atoms with Crippen molar-refractivity contribution in [2.24, 2.45) is 17.4 Å². The summed E-state index contributed by atoms with van der Waals surface area (Å²) in [5.74, 6) is -1.04. The average molecular weight is 359 g/mol. The summed E-state index contributed by atoms with van der Waals surface area (Å²) in [6, 6.07) is -0.651. The number of thiazole rings is 1. The lowest BCUT2D eigenvalue weighted by Crippen LogP contribution is -2.46. The van der Waals surface area contributed by atoms with E-state index in [1.165, 1.54) is 23.1 Å². The number of nitrogens with two attached hydrogens (primary N) is 2. The lowest BCUT2D eigenvalue weighted by atomic mass is 10.1. The number of aromatic nitrogens is 1. The Morgan fingerprint density at radius 2 is 2.00 bits per heavy atom. The van der Waals surface area contributed by atoms with E-state index < -0.39 is 17.9 Å². The SMILES string of the molecule is Cc1nc(NC(=O)CNC(=O)[C@@H](N)C(C)C)sc1SCC(N)=O. The first-order chi connectivity index (χ1) is 10.7. The third-order valence-electron chi connectivity index (χ3n) is 2.79. The van der Waals surface area contributed by atoms with Crippen LogP contribution in [0.3, 0.4) is 0 Å². The second-order valence-electron chi connectivity index (χ2n) is 5.18. The molecule has 1 aromatic rings. The van der Waals surface area contributed by atoms with Crippen molar-refractivity contribution in [3.63, 3.8) is 0 Å². The average Bonchev–Trinajstić information content (AvgIpc) is 2.81. The zero-order valence-electron chi connectivity index (χ0n) is 13.2. The molecule has 3 amide bonds. The van der Waals surface area contributed by atoms with Crippen LogP contribution in [0.2, 0.25) is 0 Å². The third kappa shape index (κ3) is 6.55. The van der Waals surface area contributed by atoms with E-state index in [4.69, 9.17) is 11.5 Å². The number of hydrogen-bond donors (Lipinski definition) is 4. The number of thioether (sulfide) groups is 1. The Bertz CT molecular complexity index is 588. The molecule has 1 aromatic heterocycles. The van der Waals surface area contributed by atoms with E-state index >= 15 is 0 Å². The lowest BCUT2D eigenvalue weighted by Gasteiger charge is -2.14. The molecule has 0 aliphatic heterocycles. The summed E-state index contributed by atoms with van der Waals surface area (Å²) in [7, 11) is 0. The van der Waals surface area contributed by atoms with Gasteiger partial charge in [-0.2, -0.15) is 0 Å². The van der Waals surface area contributed by atoms with Crippen LogP contribution in [0, 0.1) is 12.8 Å². The Morgan fingerprint density at radius 1 is 1.35 bits per heavy atom. The van der Waals surface area contributed by atoms with E-state index in [9.17, 15) is 14.4 Å². The molecule has 0 unspecified atom stereocenters. The molecule has 8 nitrogen and oxygen atoms in total. The molecule has 23 heavy (non-hydrogen) atoms. The lowest BCUT2D eigenvalue weighted by molar-refractivity contribution is -0.125. The number of anilines is 1. The molecule has 10 heteroatoms. The highest BCUT2D eigenvalue weighted by molar-refractivity contribution is 8.01. The Morgan fingerprint density at radius 3 is 2.57 bits per heavy atom. The van der Waals surface area contributed by atoms with E-state index in [2.05, 4.69) is 15.6 Å². The molecule has 0 radical (unpaired) electrons. The molecular formula is C13H21N5O3S2. The van der Waals surface area contributed by atoms with E-state index in [-0.39, 0.29) is 24.1 Å². The van der Waals surface area contributed by atoms with Gasteiger partial charge in [0.05, 0.1) is 28.2 Å². The first kappa shape index (κ1) is 19.4. The summed E-state index contributed by atoms with van der Waals surface area (Å²) in [4.78, 5) is 38.5.